The first-order chi connectivity index (χ1) is 27.9. The van der Waals surface area contributed by atoms with Gasteiger partial charge in [-0.25, -0.2) is 28.6 Å². The molecule has 1 saturated carbocycles. The van der Waals surface area contributed by atoms with E-state index in [1.165, 1.54) is 28.4 Å². The predicted molar refractivity (Wildman–Crippen MR) is 223 cm³/mol. The summed E-state index contributed by atoms with van der Waals surface area (Å²) < 4.78 is 46.5. The number of anilines is 1. The molecule has 1 aromatic carbocycles. The number of sulfonamides is 1. The fourth-order valence-electron chi connectivity index (χ4n) is 6.79. The number of carbonyl (C=O) groups is 4. The summed E-state index contributed by atoms with van der Waals surface area (Å²) in [6, 6.07) is 7.75. The molecular formula is C39H48N8O9S3. The van der Waals surface area contributed by atoms with Gasteiger partial charge in [0.15, 0.2) is 5.13 Å². The number of benzene rings is 1. The van der Waals surface area contributed by atoms with E-state index in [9.17, 15) is 27.6 Å². The number of hydrogen-bond donors (Lipinski definition) is 5. The standard InChI is InChI=1S/C39H48N8O9S3/c1-9-22-18-39(22,35(50)44-45-37(51)55-8)43-33(48)29-16-24(19-47(29)34(49)32(38(4,5)6)46-59(52,53)31-11-10-14-57-31)56-30-17-27(28-20-58-36(42-28)40-21(2)3)41-26-15-23(54-7)12-13-25(26)30/h9-15,17,20-22,24,29,32,46H,1,16,18-19H2,2-8H3,(H,40,42)(H,43,48)(H,44,50)(H,45,51)/t22-,24-,29+,32-,39+/m1/s1. The van der Waals surface area contributed by atoms with Gasteiger partial charge >= 0.3 is 6.09 Å². The number of thiophene rings is 1. The Hall–Kier alpha value is -5.31. The van der Waals surface area contributed by atoms with Gasteiger partial charge in [0, 0.05) is 41.3 Å². The van der Waals surface area contributed by atoms with Crippen LogP contribution in [0.15, 0.2) is 64.0 Å². The summed E-state index contributed by atoms with van der Waals surface area (Å²) in [5.41, 5.74) is 3.61. The lowest BCUT2D eigenvalue weighted by molar-refractivity contribution is -0.142. The number of fused-ring (bicyclic) bond motifs is 1. The molecule has 3 aromatic heterocycles. The van der Waals surface area contributed by atoms with Crippen molar-refractivity contribution in [1.29, 1.82) is 0 Å². The number of likely N-dealkylation sites (tertiary alicyclic amines) is 1. The van der Waals surface area contributed by atoms with Crippen LogP contribution in [0.25, 0.3) is 22.3 Å². The normalized spacial score (nSPS) is 20.7. The van der Waals surface area contributed by atoms with Crippen LogP contribution in [0, 0.1) is 11.3 Å². The van der Waals surface area contributed by atoms with E-state index in [1.54, 1.807) is 63.6 Å². The first kappa shape index (κ1) is 43.3. The van der Waals surface area contributed by atoms with Gasteiger partial charge in [0.2, 0.25) is 11.8 Å². The first-order valence-electron chi connectivity index (χ1n) is 18.7. The van der Waals surface area contributed by atoms with Gasteiger partial charge in [-0.15, -0.1) is 29.3 Å². The van der Waals surface area contributed by atoms with Crippen LogP contribution in [0.1, 0.15) is 47.5 Å². The molecule has 2 fully saturated rings. The molecule has 17 nitrogen and oxygen atoms in total. The molecule has 1 saturated heterocycles. The van der Waals surface area contributed by atoms with Crippen LogP contribution in [0.4, 0.5) is 9.93 Å². The average Bonchev–Trinajstić information content (AvgIpc) is 3.66. The van der Waals surface area contributed by atoms with Crippen LogP contribution >= 0.6 is 22.7 Å². The molecule has 4 amide bonds. The van der Waals surface area contributed by atoms with E-state index in [-0.39, 0.29) is 29.6 Å². The van der Waals surface area contributed by atoms with E-state index in [2.05, 4.69) is 37.5 Å². The molecule has 4 heterocycles. The summed E-state index contributed by atoms with van der Waals surface area (Å²) in [4.78, 5) is 65.3. The summed E-state index contributed by atoms with van der Waals surface area (Å²) in [5.74, 6) is -1.59. The van der Waals surface area contributed by atoms with E-state index in [4.69, 9.17) is 19.4 Å². The fourth-order valence-corrected chi connectivity index (χ4v) is 10.0. The highest BCUT2D eigenvalue weighted by molar-refractivity contribution is 7.91. The Kier molecular flexibility index (Phi) is 12.6. The monoisotopic (exact) mass is 868 g/mol. The summed E-state index contributed by atoms with van der Waals surface area (Å²) >= 11 is 2.44. The van der Waals surface area contributed by atoms with Crippen LogP contribution < -0.4 is 35.7 Å². The summed E-state index contributed by atoms with van der Waals surface area (Å²) in [5, 5.41) is 11.0. The van der Waals surface area contributed by atoms with Crippen LogP contribution in [0.2, 0.25) is 0 Å². The minimum absolute atomic E-state index is 0.0263. The van der Waals surface area contributed by atoms with Crippen molar-refractivity contribution in [2.24, 2.45) is 11.3 Å². The Bertz CT molecular complexity index is 2350. The van der Waals surface area contributed by atoms with Gasteiger partial charge in [-0.3, -0.25) is 19.8 Å². The molecule has 4 aromatic rings. The maximum atomic E-state index is 14.8. The summed E-state index contributed by atoms with van der Waals surface area (Å²) in [7, 11) is -1.46. The van der Waals surface area contributed by atoms with Gasteiger partial charge in [0.25, 0.3) is 15.9 Å². The number of ether oxygens (including phenoxy) is 3. The quantitative estimate of drug-likeness (QED) is 0.0878. The number of nitrogens with one attached hydrogen (secondary N) is 5. The fraction of sp³-hybridized carbons (Fsp3) is 0.436. The summed E-state index contributed by atoms with van der Waals surface area (Å²) in [6.07, 6.45) is -0.0601. The molecule has 316 valence electrons. The van der Waals surface area contributed by atoms with Crippen LogP contribution in [-0.2, 0) is 29.1 Å². The Morgan fingerprint density at radius 3 is 2.44 bits per heavy atom. The van der Waals surface area contributed by atoms with Crippen LogP contribution in [-0.4, -0.2) is 97.6 Å². The number of hydrazine groups is 1. The highest BCUT2D eigenvalue weighted by atomic mass is 32.2. The van der Waals surface area contributed by atoms with Crippen molar-refractivity contribution in [3.05, 3.63) is 59.8 Å². The van der Waals surface area contributed by atoms with Crippen molar-refractivity contribution in [3.63, 3.8) is 0 Å². The topological polar surface area (TPSA) is 219 Å². The Morgan fingerprint density at radius 1 is 1.05 bits per heavy atom. The highest BCUT2D eigenvalue weighted by Crippen LogP contribution is 2.45. The lowest BCUT2D eigenvalue weighted by Gasteiger charge is -2.35. The number of thiazole rings is 1. The number of rotatable bonds is 14. The van der Waals surface area contributed by atoms with E-state index in [0.717, 1.165) is 18.4 Å². The SMILES string of the molecule is C=C[C@@H]1C[C@@]1(NC(=O)[C@@H]1C[C@@H](Oc2cc(-c3csc(NC(C)C)n3)nc3cc(OC)ccc23)CN1C(=O)[C@@H](NS(=O)(=O)c1cccs1)C(C)(C)C)C(=O)NNC(=O)OC. The minimum Gasteiger partial charge on any atom is -0.497 e. The maximum Gasteiger partial charge on any atom is 0.425 e. The maximum absolute atomic E-state index is 14.8. The molecule has 0 bridgehead atoms. The molecule has 1 aliphatic carbocycles. The van der Waals surface area contributed by atoms with Crippen molar-refractivity contribution in [1.82, 2.24) is 35.8 Å². The zero-order chi connectivity index (χ0) is 42.9. The molecule has 20 heteroatoms. The van der Waals surface area contributed by atoms with E-state index in [1.807, 2.05) is 19.2 Å². The number of amides is 4. The third-order valence-electron chi connectivity index (χ3n) is 9.96. The first-order valence-corrected chi connectivity index (χ1v) is 22.0. The average molecular weight is 869 g/mol. The molecule has 0 unspecified atom stereocenters. The predicted octanol–water partition coefficient (Wildman–Crippen LogP) is 4.44. The van der Waals surface area contributed by atoms with Crippen molar-refractivity contribution >= 4 is 72.5 Å². The van der Waals surface area contributed by atoms with E-state index >= 15 is 0 Å². The molecule has 1 aliphatic heterocycles. The number of methoxy groups -OCH3 is 2. The van der Waals surface area contributed by atoms with Crippen molar-refractivity contribution < 1.29 is 41.8 Å². The zero-order valence-electron chi connectivity index (χ0n) is 33.7. The molecule has 59 heavy (non-hydrogen) atoms. The lowest BCUT2D eigenvalue weighted by atomic mass is 9.86. The van der Waals surface area contributed by atoms with Gasteiger partial charge in [0.1, 0.15) is 45.1 Å². The van der Waals surface area contributed by atoms with Crippen molar-refractivity contribution in [2.75, 3.05) is 26.1 Å². The second-order valence-corrected chi connectivity index (χ2v) is 19.4. The molecule has 6 rings (SSSR count). The smallest absolute Gasteiger partial charge is 0.425 e. The van der Waals surface area contributed by atoms with Crippen molar-refractivity contribution in [2.45, 2.75) is 81.4 Å². The largest absolute Gasteiger partial charge is 0.497 e. The van der Waals surface area contributed by atoms with Gasteiger partial charge in [0.05, 0.1) is 32.0 Å². The zero-order valence-corrected chi connectivity index (χ0v) is 36.1. The third kappa shape index (κ3) is 9.45. The molecule has 5 atom stereocenters. The van der Waals surface area contributed by atoms with E-state index in [0.29, 0.717) is 38.9 Å². The Morgan fingerprint density at radius 2 is 1.81 bits per heavy atom. The van der Waals surface area contributed by atoms with Crippen LogP contribution in [0.5, 0.6) is 11.5 Å². The summed E-state index contributed by atoms with van der Waals surface area (Å²) in [6.45, 7) is 12.9. The molecular weight excluding hydrogens is 821 g/mol. The van der Waals surface area contributed by atoms with Gasteiger partial charge in [-0.05, 0) is 49.3 Å². The number of nitrogens with zero attached hydrogens (tertiary/aromatic N) is 3. The molecule has 0 spiro atoms. The van der Waals surface area contributed by atoms with E-state index < -0.39 is 68.9 Å². The van der Waals surface area contributed by atoms with Crippen molar-refractivity contribution in [3.8, 4) is 22.9 Å². The number of pyridine rings is 1. The third-order valence-corrected chi connectivity index (χ3v) is 13.6. The molecule has 5 N–H and O–H groups in total. The number of carbonyl (C=O) groups excluding carboxylic acids is 4. The molecule has 2 aliphatic rings. The second kappa shape index (κ2) is 17.1. The van der Waals surface area contributed by atoms with Gasteiger partial charge < -0.3 is 29.7 Å². The minimum atomic E-state index is -4.14. The van der Waals surface area contributed by atoms with Gasteiger partial charge in [-0.1, -0.05) is 32.9 Å². The molecule has 0 radical (unpaired) electrons. The second-order valence-electron chi connectivity index (χ2n) is 15.6. The Balaban J connectivity index is 1.36. The van der Waals surface area contributed by atoms with Crippen LogP contribution in [0.3, 0.4) is 0 Å². The van der Waals surface area contributed by atoms with Gasteiger partial charge in [-0.2, -0.15) is 4.72 Å². The Labute approximate surface area is 350 Å². The highest BCUT2D eigenvalue weighted by Gasteiger charge is 2.61. The number of hydrogen-bond acceptors (Lipinski definition) is 14. The number of aromatic nitrogens is 2. The lowest BCUT2D eigenvalue weighted by Crippen LogP contribution is -2.60.